The molecule has 0 saturated heterocycles. The summed E-state index contributed by atoms with van der Waals surface area (Å²) in [7, 11) is 0. The van der Waals surface area contributed by atoms with Gasteiger partial charge in [-0.1, -0.05) is 41.3 Å². The minimum absolute atomic E-state index is 0.168. The topological polar surface area (TPSA) is 29.1 Å². The lowest BCUT2D eigenvalue weighted by Crippen LogP contribution is -2.40. The number of rotatable bonds is 4. The molecule has 4 heteroatoms. The molecule has 1 aromatic rings. The third-order valence-corrected chi connectivity index (χ3v) is 5.10. The Kier molecular flexibility index (Phi) is 4.97. The SMILES string of the molecule is O=C(NCC1(CBr)CCCCC1)c1cccc(F)c1. The number of hydrogen-bond acceptors (Lipinski definition) is 1. The predicted molar refractivity (Wildman–Crippen MR) is 78.0 cm³/mol. The van der Waals surface area contributed by atoms with Crippen LogP contribution in [0.5, 0.6) is 0 Å². The third kappa shape index (κ3) is 3.78. The van der Waals surface area contributed by atoms with Crippen LogP contribution in [0.15, 0.2) is 24.3 Å². The van der Waals surface area contributed by atoms with Gasteiger partial charge in [-0.3, -0.25) is 4.79 Å². The van der Waals surface area contributed by atoms with Gasteiger partial charge < -0.3 is 5.32 Å². The Morgan fingerprint density at radius 2 is 2.05 bits per heavy atom. The maximum absolute atomic E-state index is 13.1. The van der Waals surface area contributed by atoms with Gasteiger partial charge in [0.05, 0.1) is 0 Å². The molecule has 0 radical (unpaired) electrons. The summed E-state index contributed by atoms with van der Waals surface area (Å²) in [6, 6.07) is 5.82. The maximum atomic E-state index is 13.1. The first kappa shape index (κ1) is 14.5. The number of benzene rings is 1. The van der Waals surface area contributed by atoms with E-state index in [0.717, 1.165) is 18.2 Å². The Hall–Kier alpha value is -0.900. The summed E-state index contributed by atoms with van der Waals surface area (Å²) in [5.74, 6) is -0.564. The maximum Gasteiger partial charge on any atom is 0.251 e. The van der Waals surface area contributed by atoms with E-state index in [1.165, 1.54) is 31.4 Å². The molecule has 1 saturated carbocycles. The molecule has 2 rings (SSSR count). The van der Waals surface area contributed by atoms with Crippen molar-refractivity contribution in [2.24, 2.45) is 5.41 Å². The molecular weight excluding hydrogens is 309 g/mol. The van der Waals surface area contributed by atoms with Gasteiger partial charge in [0.15, 0.2) is 0 Å². The Morgan fingerprint density at radius 1 is 1.32 bits per heavy atom. The van der Waals surface area contributed by atoms with Crippen molar-refractivity contribution in [3.8, 4) is 0 Å². The summed E-state index contributed by atoms with van der Waals surface area (Å²) in [6.07, 6.45) is 6.01. The van der Waals surface area contributed by atoms with E-state index in [1.54, 1.807) is 12.1 Å². The molecular formula is C15H19BrFNO. The molecule has 2 nitrogen and oxygen atoms in total. The van der Waals surface area contributed by atoms with Gasteiger partial charge in [-0.05, 0) is 36.5 Å². The highest BCUT2D eigenvalue weighted by Gasteiger charge is 2.31. The number of carbonyl (C=O) groups excluding carboxylic acids is 1. The second-order valence-corrected chi connectivity index (χ2v) is 5.95. The van der Waals surface area contributed by atoms with Crippen LogP contribution in [0.3, 0.4) is 0 Å². The molecule has 1 aliphatic carbocycles. The average molecular weight is 328 g/mol. The fourth-order valence-corrected chi connectivity index (χ4v) is 3.42. The van der Waals surface area contributed by atoms with Crippen LogP contribution in [0.25, 0.3) is 0 Å². The molecule has 0 atom stereocenters. The molecule has 104 valence electrons. The van der Waals surface area contributed by atoms with Crippen molar-refractivity contribution in [2.75, 3.05) is 11.9 Å². The smallest absolute Gasteiger partial charge is 0.251 e. The van der Waals surface area contributed by atoms with Crippen molar-refractivity contribution in [1.82, 2.24) is 5.32 Å². The van der Waals surface area contributed by atoms with E-state index in [-0.39, 0.29) is 17.1 Å². The average Bonchev–Trinajstić information content (AvgIpc) is 2.46. The van der Waals surface area contributed by atoms with Crippen LogP contribution < -0.4 is 5.32 Å². The van der Waals surface area contributed by atoms with E-state index < -0.39 is 0 Å². The number of amides is 1. The number of halogens is 2. The van der Waals surface area contributed by atoms with E-state index in [1.807, 2.05) is 0 Å². The molecule has 0 aromatic heterocycles. The van der Waals surface area contributed by atoms with Crippen LogP contribution in [0.4, 0.5) is 4.39 Å². The van der Waals surface area contributed by atoms with Crippen molar-refractivity contribution in [3.63, 3.8) is 0 Å². The standard InChI is InChI=1S/C15H19BrFNO/c16-10-15(7-2-1-3-8-15)11-18-14(19)12-5-4-6-13(17)9-12/h4-6,9H,1-3,7-8,10-11H2,(H,18,19). The lowest BCUT2D eigenvalue weighted by atomic mass is 9.75. The van der Waals surface area contributed by atoms with Crippen LogP contribution >= 0.6 is 15.9 Å². The summed E-state index contributed by atoms with van der Waals surface area (Å²) < 4.78 is 13.1. The number of alkyl halides is 1. The quantitative estimate of drug-likeness (QED) is 0.835. The van der Waals surface area contributed by atoms with Crippen molar-refractivity contribution in [1.29, 1.82) is 0 Å². The van der Waals surface area contributed by atoms with Crippen LogP contribution in [0.1, 0.15) is 42.5 Å². The zero-order valence-electron chi connectivity index (χ0n) is 10.9. The molecule has 0 unspecified atom stereocenters. The van der Waals surface area contributed by atoms with Gasteiger partial charge in [0.25, 0.3) is 5.91 Å². The summed E-state index contributed by atoms with van der Waals surface area (Å²) in [5.41, 5.74) is 0.557. The van der Waals surface area contributed by atoms with Gasteiger partial charge in [0, 0.05) is 17.4 Å². The van der Waals surface area contributed by atoms with Gasteiger partial charge in [0.1, 0.15) is 5.82 Å². The third-order valence-electron chi connectivity index (χ3n) is 3.91. The molecule has 19 heavy (non-hydrogen) atoms. The van der Waals surface area contributed by atoms with E-state index in [0.29, 0.717) is 12.1 Å². The molecule has 1 aromatic carbocycles. The first-order valence-electron chi connectivity index (χ1n) is 6.75. The van der Waals surface area contributed by atoms with E-state index in [9.17, 15) is 9.18 Å². The van der Waals surface area contributed by atoms with Gasteiger partial charge in [-0.15, -0.1) is 0 Å². The van der Waals surface area contributed by atoms with E-state index in [2.05, 4.69) is 21.2 Å². The predicted octanol–water partition coefficient (Wildman–Crippen LogP) is 3.90. The van der Waals surface area contributed by atoms with E-state index in [4.69, 9.17) is 0 Å². The molecule has 0 aliphatic heterocycles. The molecule has 1 fully saturated rings. The molecule has 0 spiro atoms. The second-order valence-electron chi connectivity index (χ2n) is 5.39. The summed E-state index contributed by atoms with van der Waals surface area (Å²) >= 11 is 3.57. The Morgan fingerprint density at radius 3 is 2.68 bits per heavy atom. The van der Waals surface area contributed by atoms with Gasteiger partial charge in [-0.2, -0.15) is 0 Å². The number of nitrogens with one attached hydrogen (secondary N) is 1. The van der Waals surface area contributed by atoms with Crippen molar-refractivity contribution < 1.29 is 9.18 Å². The summed E-state index contributed by atoms with van der Waals surface area (Å²) in [4.78, 5) is 12.0. The molecule has 0 heterocycles. The molecule has 1 amide bonds. The highest BCUT2D eigenvalue weighted by atomic mass is 79.9. The van der Waals surface area contributed by atoms with Gasteiger partial charge in [-0.25, -0.2) is 4.39 Å². The van der Waals surface area contributed by atoms with Crippen LogP contribution in [-0.4, -0.2) is 17.8 Å². The minimum Gasteiger partial charge on any atom is -0.351 e. The Bertz CT molecular complexity index is 444. The largest absolute Gasteiger partial charge is 0.351 e. The zero-order chi connectivity index (χ0) is 13.7. The summed E-state index contributed by atoms with van der Waals surface area (Å²) in [5, 5.41) is 3.86. The first-order valence-corrected chi connectivity index (χ1v) is 7.87. The normalized spacial score (nSPS) is 18.0. The number of carbonyl (C=O) groups is 1. The second kappa shape index (κ2) is 6.51. The fraction of sp³-hybridized carbons (Fsp3) is 0.533. The van der Waals surface area contributed by atoms with Gasteiger partial charge >= 0.3 is 0 Å². The molecule has 1 aliphatic rings. The summed E-state index contributed by atoms with van der Waals surface area (Å²) in [6.45, 7) is 0.660. The van der Waals surface area contributed by atoms with Crippen LogP contribution in [-0.2, 0) is 0 Å². The van der Waals surface area contributed by atoms with E-state index >= 15 is 0 Å². The van der Waals surface area contributed by atoms with Crippen LogP contribution in [0.2, 0.25) is 0 Å². The van der Waals surface area contributed by atoms with Crippen LogP contribution in [0, 0.1) is 11.2 Å². The van der Waals surface area contributed by atoms with Crippen molar-refractivity contribution in [2.45, 2.75) is 32.1 Å². The highest BCUT2D eigenvalue weighted by molar-refractivity contribution is 9.09. The lowest BCUT2D eigenvalue weighted by Gasteiger charge is -2.35. The Balaban J connectivity index is 1.95. The first-order chi connectivity index (χ1) is 9.15. The lowest BCUT2D eigenvalue weighted by molar-refractivity contribution is 0.0921. The zero-order valence-corrected chi connectivity index (χ0v) is 12.5. The van der Waals surface area contributed by atoms with Gasteiger partial charge in [0.2, 0.25) is 0 Å². The molecule has 0 bridgehead atoms. The Labute approximate surface area is 121 Å². The minimum atomic E-state index is -0.375. The highest BCUT2D eigenvalue weighted by Crippen LogP contribution is 2.37. The fourth-order valence-electron chi connectivity index (χ4n) is 2.66. The molecule has 1 N–H and O–H groups in total. The van der Waals surface area contributed by atoms with Crippen molar-refractivity contribution in [3.05, 3.63) is 35.6 Å². The van der Waals surface area contributed by atoms with Crippen molar-refractivity contribution >= 4 is 21.8 Å². The monoisotopic (exact) mass is 327 g/mol. The number of hydrogen-bond donors (Lipinski definition) is 1.